The third-order valence-electron chi connectivity index (χ3n) is 9.40. The fourth-order valence-corrected chi connectivity index (χ4v) is 6.74. The van der Waals surface area contributed by atoms with Gasteiger partial charge in [-0.3, -0.25) is 9.98 Å². The van der Waals surface area contributed by atoms with Crippen LogP contribution in [-0.2, 0) is 32.1 Å². The summed E-state index contributed by atoms with van der Waals surface area (Å²) in [7, 11) is 0. The second-order valence-electron chi connectivity index (χ2n) is 13.1. The zero-order chi connectivity index (χ0) is 33.0. The number of unbranched alkanes of at least 4 members (excludes halogenated alkanes) is 9. The molecule has 0 spiro atoms. The van der Waals surface area contributed by atoms with Crippen LogP contribution >= 0.6 is 0 Å². The first-order valence-corrected chi connectivity index (χ1v) is 19.1. The van der Waals surface area contributed by atoms with Gasteiger partial charge in [0.2, 0.25) is 0 Å². The lowest BCUT2D eigenvalue weighted by Gasteiger charge is -2.16. The maximum atomic E-state index is 5.22. The predicted octanol–water partition coefficient (Wildman–Crippen LogP) is 13.7. The van der Waals surface area contributed by atoms with Crippen molar-refractivity contribution in [3.05, 3.63) is 82.4 Å². The van der Waals surface area contributed by atoms with E-state index in [0.29, 0.717) is 0 Å². The minimum Gasteiger partial charge on any atom is -0.255 e. The van der Waals surface area contributed by atoms with Gasteiger partial charge in [0.05, 0.1) is 17.1 Å². The zero-order valence-electron chi connectivity index (χ0n) is 30.4. The Morgan fingerprint density at radius 1 is 0.543 bits per heavy atom. The molecule has 0 aromatic heterocycles. The minimum atomic E-state index is 0.859. The molecular weight excluding hydrogens is 556 g/mol. The lowest BCUT2D eigenvalue weighted by atomic mass is 9.89. The lowest BCUT2D eigenvalue weighted by Crippen LogP contribution is -2.02. The number of hydrogen-bond acceptors (Lipinski definition) is 2. The van der Waals surface area contributed by atoms with E-state index in [1.54, 1.807) is 5.56 Å². The van der Waals surface area contributed by atoms with Crippen molar-refractivity contribution in [2.45, 2.75) is 157 Å². The molecule has 0 N–H and O–H groups in total. The minimum absolute atomic E-state index is 0.859. The van der Waals surface area contributed by atoms with Crippen molar-refractivity contribution in [2.75, 3.05) is 0 Å². The maximum absolute atomic E-state index is 5.22. The lowest BCUT2D eigenvalue weighted by molar-refractivity contribution is 0.606. The van der Waals surface area contributed by atoms with E-state index in [9.17, 15) is 0 Å². The van der Waals surface area contributed by atoms with Gasteiger partial charge < -0.3 is 0 Å². The Kier molecular flexibility index (Phi) is 17.7. The third kappa shape index (κ3) is 12.0. The van der Waals surface area contributed by atoms with E-state index in [1.165, 1.54) is 117 Å². The Balaban J connectivity index is 1.94. The van der Waals surface area contributed by atoms with E-state index in [2.05, 4.69) is 96.1 Å². The van der Waals surface area contributed by atoms with Crippen LogP contribution in [0.5, 0.6) is 0 Å². The second-order valence-corrected chi connectivity index (χ2v) is 13.1. The fourth-order valence-electron chi connectivity index (χ4n) is 6.74. The molecule has 0 aliphatic carbocycles. The van der Waals surface area contributed by atoms with E-state index >= 15 is 0 Å². The highest BCUT2D eigenvalue weighted by molar-refractivity contribution is 6.31. The Morgan fingerprint density at radius 2 is 1.09 bits per heavy atom. The van der Waals surface area contributed by atoms with E-state index in [4.69, 9.17) is 9.98 Å². The quantitative estimate of drug-likeness (QED) is 0.0788. The van der Waals surface area contributed by atoms with Crippen molar-refractivity contribution in [2.24, 2.45) is 9.98 Å². The second kappa shape index (κ2) is 21.7. The zero-order valence-corrected chi connectivity index (χ0v) is 30.4. The number of rotatable bonds is 22. The summed E-state index contributed by atoms with van der Waals surface area (Å²) in [4.78, 5) is 10.3. The molecule has 0 radical (unpaired) electrons. The highest BCUT2D eigenvalue weighted by Crippen LogP contribution is 2.34. The molecule has 0 aliphatic rings. The first kappa shape index (κ1) is 37.5. The van der Waals surface area contributed by atoms with Gasteiger partial charge in [0.1, 0.15) is 0 Å². The molecule has 0 saturated carbocycles. The molecule has 3 aromatic carbocycles. The number of benzene rings is 3. The van der Waals surface area contributed by atoms with E-state index in [0.717, 1.165) is 49.2 Å². The van der Waals surface area contributed by atoms with Crippen LogP contribution in [0.1, 0.15) is 153 Å². The van der Waals surface area contributed by atoms with E-state index in [1.807, 2.05) is 6.21 Å². The molecule has 3 aromatic rings. The number of aryl methyl sites for hydroxylation is 4. The predicted molar refractivity (Wildman–Crippen MR) is 206 cm³/mol. The Morgan fingerprint density at radius 3 is 1.70 bits per heavy atom. The maximum Gasteiger partial charge on any atom is 0.0639 e. The van der Waals surface area contributed by atoms with Gasteiger partial charge in [-0.2, -0.15) is 0 Å². The van der Waals surface area contributed by atoms with Crippen LogP contribution in [-0.4, -0.2) is 11.9 Å². The molecule has 0 bridgehead atoms. The Labute approximate surface area is 283 Å². The summed E-state index contributed by atoms with van der Waals surface area (Å²) in [6.07, 6.45) is 24.0. The van der Waals surface area contributed by atoms with Crippen LogP contribution < -0.4 is 0 Å². The molecule has 3 rings (SSSR count). The molecule has 2 heteroatoms. The van der Waals surface area contributed by atoms with Crippen molar-refractivity contribution in [3.63, 3.8) is 0 Å². The smallest absolute Gasteiger partial charge is 0.0639 e. The van der Waals surface area contributed by atoms with Gasteiger partial charge in [-0.15, -0.1) is 0 Å². The summed E-state index contributed by atoms with van der Waals surface area (Å²) in [5.74, 6) is 0. The summed E-state index contributed by atoms with van der Waals surface area (Å²) in [5, 5.41) is 0. The molecule has 0 fully saturated rings. The monoisotopic (exact) mass is 621 g/mol. The molecule has 2 nitrogen and oxygen atoms in total. The molecular formula is C44H64N2. The van der Waals surface area contributed by atoms with Crippen molar-refractivity contribution < 1.29 is 0 Å². The molecule has 250 valence electrons. The van der Waals surface area contributed by atoms with Crippen LogP contribution in [0.2, 0.25) is 0 Å². The van der Waals surface area contributed by atoms with Gasteiger partial charge in [0.15, 0.2) is 0 Å². The number of aliphatic imine (C=N–C) groups is 2. The van der Waals surface area contributed by atoms with Gasteiger partial charge >= 0.3 is 0 Å². The Bertz CT molecular complexity index is 1350. The van der Waals surface area contributed by atoms with Gasteiger partial charge in [-0.1, -0.05) is 130 Å². The standard InChI is InChI=1S/C44H64N2/c1-7-13-16-18-19-22-28-38-32-41(31-37(25-15-9-3)43(38)12-6)45-34-40(11-5)46-42-30-35(10-4)44(36-26-23-20-24-27-36)39(33-42)29-21-17-14-8-2/h20,23-24,26-27,30-34H,7-19,21-22,25,28-29H2,1-6H3. The summed E-state index contributed by atoms with van der Waals surface area (Å²) < 4.78 is 0. The summed E-state index contributed by atoms with van der Waals surface area (Å²) >= 11 is 0. The van der Waals surface area contributed by atoms with Gasteiger partial charge in [0.25, 0.3) is 0 Å². The van der Waals surface area contributed by atoms with Gasteiger partial charge in [-0.25, -0.2) is 0 Å². The van der Waals surface area contributed by atoms with Gasteiger partial charge in [0, 0.05) is 6.21 Å². The Hall–Kier alpha value is -3.00. The normalized spacial score (nSPS) is 12.0. The topological polar surface area (TPSA) is 24.7 Å². The average molecular weight is 621 g/mol. The van der Waals surface area contributed by atoms with Crippen LogP contribution in [0, 0.1) is 0 Å². The molecule has 0 unspecified atom stereocenters. The molecule has 0 saturated heterocycles. The highest BCUT2D eigenvalue weighted by atomic mass is 14.8. The van der Waals surface area contributed by atoms with Crippen molar-refractivity contribution in [1.29, 1.82) is 0 Å². The van der Waals surface area contributed by atoms with Crippen molar-refractivity contribution in [3.8, 4) is 11.1 Å². The molecule has 46 heavy (non-hydrogen) atoms. The van der Waals surface area contributed by atoms with E-state index in [-0.39, 0.29) is 0 Å². The molecule has 0 aliphatic heterocycles. The van der Waals surface area contributed by atoms with Gasteiger partial charge in [-0.05, 0) is 121 Å². The number of hydrogen-bond donors (Lipinski definition) is 0. The molecule has 0 heterocycles. The summed E-state index contributed by atoms with van der Waals surface area (Å²) in [6, 6.07) is 20.4. The largest absolute Gasteiger partial charge is 0.255 e. The first-order valence-electron chi connectivity index (χ1n) is 19.1. The average Bonchev–Trinajstić information content (AvgIpc) is 3.09. The van der Waals surface area contributed by atoms with Crippen LogP contribution in [0.4, 0.5) is 11.4 Å². The van der Waals surface area contributed by atoms with Crippen molar-refractivity contribution >= 4 is 23.3 Å². The highest BCUT2D eigenvalue weighted by Gasteiger charge is 2.13. The summed E-state index contributed by atoms with van der Waals surface area (Å²) in [5.41, 5.74) is 13.4. The van der Waals surface area contributed by atoms with E-state index < -0.39 is 0 Å². The van der Waals surface area contributed by atoms with Crippen molar-refractivity contribution in [1.82, 2.24) is 0 Å². The molecule has 0 atom stereocenters. The number of nitrogens with zero attached hydrogens (tertiary/aromatic N) is 2. The molecule has 0 amide bonds. The summed E-state index contributed by atoms with van der Waals surface area (Å²) in [6.45, 7) is 13.7. The van der Waals surface area contributed by atoms with Crippen LogP contribution in [0.15, 0.2) is 64.6 Å². The fraction of sp³-hybridized carbons (Fsp3) is 0.545. The van der Waals surface area contributed by atoms with Crippen LogP contribution in [0.25, 0.3) is 11.1 Å². The SMILES string of the molecule is CCCCCCCCc1cc(N=CC(CC)=Nc2cc(CC)c(-c3ccccc3)c(CCCCCC)c2)cc(CCCC)c1CC. The first-order chi connectivity index (χ1) is 22.6. The van der Waals surface area contributed by atoms with Crippen LogP contribution in [0.3, 0.4) is 0 Å². The third-order valence-corrected chi connectivity index (χ3v) is 9.40.